The van der Waals surface area contributed by atoms with Crippen LogP contribution >= 0.6 is 11.3 Å². The van der Waals surface area contributed by atoms with Crippen molar-refractivity contribution in [1.29, 1.82) is 0 Å². The summed E-state index contributed by atoms with van der Waals surface area (Å²) in [6.07, 6.45) is 0. The molecule has 5 nitrogen and oxygen atoms in total. The average Bonchev–Trinajstić information content (AvgIpc) is 3.11. The largest absolute Gasteiger partial charge is 0.331 e. The molecule has 1 saturated heterocycles. The van der Waals surface area contributed by atoms with E-state index in [0.29, 0.717) is 6.54 Å². The standard InChI is InChI=1S/C21H24N4OS/c1-16-6-2-3-7-17(16)15-24-10-12-25(13-11-24)21(26)22-14-20-23-18-8-4-5-9-19(18)27-20/h2-9H,10-15H2,1H3,(H,22,26). The van der Waals surface area contributed by atoms with Crippen LogP contribution < -0.4 is 5.32 Å². The fourth-order valence-corrected chi connectivity index (χ4v) is 4.30. The van der Waals surface area contributed by atoms with Crippen LogP contribution in [0.5, 0.6) is 0 Å². The Hall–Kier alpha value is -2.44. The van der Waals surface area contributed by atoms with Crippen molar-refractivity contribution in [2.24, 2.45) is 0 Å². The lowest BCUT2D eigenvalue weighted by molar-refractivity contribution is 0.135. The molecule has 0 aliphatic carbocycles. The molecule has 2 amide bonds. The monoisotopic (exact) mass is 380 g/mol. The van der Waals surface area contributed by atoms with E-state index in [1.54, 1.807) is 11.3 Å². The van der Waals surface area contributed by atoms with Gasteiger partial charge in [-0.3, -0.25) is 4.90 Å². The number of para-hydroxylation sites is 1. The molecular formula is C21H24N4OS. The summed E-state index contributed by atoms with van der Waals surface area (Å²) in [5.74, 6) is 0. The van der Waals surface area contributed by atoms with Crippen molar-refractivity contribution in [2.75, 3.05) is 26.2 Å². The molecular weight excluding hydrogens is 356 g/mol. The van der Waals surface area contributed by atoms with Crippen LogP contribution in [0.1, 0.15) is 16.1 Å². The van der Waals surface area contributed by atoms with Crippen molar-refractivity contribution in [3.05, 3.63) is 64.7 Å². The van der Waals surface area contributed by atoms with Gasteiger partial charge < -0.3 is 10.2 Å². The Morgan fingerprint density at radius 2 is 1.81 bits per heavy atom. The van der Waals surface area contributed by atoms with Crippen LogP contribution in [0.3, 0.4) is 0 Å². The molecule has 3 aromatic rings. The van der Waals surface area contributed by atoms with Gasteiger partial charge in [-0.2, -0.15) is 0 Å². The van der Waals surface area contributed by atoms with Gasteiger partial charge in [-0.1, -0.05) is 36.4 Å². The molecule has 0 unspecified atom stereocenters. The van der Waals surface area contributed by atoms with Crippen molar-refractivity contribution in [1.82, 2.24) is 20.1 Å². The Kier molecular flexibility index (Phi) is 5.36. The molecule has 1 N–H and O–H groups in total. The number of benzene rings is 2. The van der Waals surface area contributed by atoms with E-state index < -0.39 is 0 Å². The summed E-state index contributed by atoms with van der Waals surface area (Å²) in [6.45, 7) is 6.93. The van der Waals surface area contributed by atoms with Gasteiger partial charge in [0.1, 0.15) is 5.01 Å². The minimum absolute atomic E-state index is 0.00444. The van der Waals surface area contributed by atoms with Crippen LogP contribution in [-0.4, -0.2) is 47.0 Å². The minimum atomic E-state index is 0.00444. The molecule has 0 atom stereocenters. The number of urea groups is 1. The van der Waals surface area contributed by atoms with Crippen molar-refractivity contribution in [3.63, 3.8) is 0 Å². The summed E-state index contributed by atoms with van der Waals surface area (Å²) < 4.78 is 1.16. The van der Waals surface area contributed by atoms with E-state index in [4.69, 9.17) is 0 Å². The minimum Gasteiger partial charge on any atom is -0.331 e. The lowest BCUT2D eigenvalue weighted by Crippen LogP contribution is -2.51. The van der Waals surface area contributed by atoms with E-state index in [2.05, 4.69) is 52.5 Å². The molecule has 27 heavy (non-hydrogen) atoms. The predicted molar refractivity (Wildman–Crippen MR) is 110 cm³/mol. The van der Waals surface area contributed by atoms with Crippen LogP contribution in [-0.2, 0) is 13.1 Å². The number of carbonyl (C=O) groups is 1. The molecule has 4 rings (SSSR count). The highest BCUT2D eigenvalue weighted by atomic mass is 32.1. The van der Waals surface area contributed by atoms with Crippen molar-refractivity contribution in [2.45, 2.75) is 20.0 Å². The van der Waals surface area contributed by atoms with Gasteiger partial charge in [0.25, 0.3) is 0 Å². The molecule has 0 bridgehead atoms. The summed E-state index contributed by atoms with van der Waals surface area (Å²) >= 11 is 1.64. The number of thiazole rings is 1. The molecule has 0 radical (unpaired) electrons. The van der Waals surface area contributed by atoms with Crippen molar-refractivity contribution >= 4 is 27.6 Å². The average molecular weight is 381 g/mol. The van der Waals surface area contributed by atoms with E-state index >= 15 is 0 Å². The zero-order valence-electron chi connectivity index (χ0n) is 15.5. The van der Waals surface area contributed by atoms with Crippen LogP contribution in [0.2, 0.25) is 0 Å². The number of piperazine rings is 1. The smallest absolute Gasteiger partial charge is 0.317 e. The summed E-state index contributed by atoms with van der Waals surface area (Å²) in [5, 5.41) is 3.97. The third kappa shape index (κ3) is 4.28. The summed E-state index contributed by atoms with van der Waals surface area (Å²) in [5.41, 5.74) is 3.69. The molecule has 140 valence electrons. The van der Waals surface area contributed by atoms with E-state index in [1.165, 1.54) is 11.1 Å². The quantitative estimate of drug-likeness (QED) is 0.752. The highest BCUT2D eigenvalue weighted by Crippen LogP contribution is 2.21. The number of fused-ring (bicyclic) bond motifs is 1. The van der Waals surface area contributed by atoms with Gasteiger partial charge in [0.2, 0.25) is 0 Å². The van der Waals surface area contributed by atoms with E-state index in [9.17, 15) is 4.79 Å². The second-order valence-electron chi connectivity index (χ2n) is 6.92. The first kappa shape index (κ1) is 17.9. The van der Waals surface area contributed by atoms with Crippen LogP contribution in [0.15, 0.2) is 48.5 Å². The number of amides is 2. The second-order valence-corrected chi connectivity index (χ2v) is 8.04. The van der Waals surface area contributed by atoms with E-state index in [1.807, 2.05) is 23.1 Å². The molecule has 1 aliphatic heterocycles. The molecule has 1 aliphatic rings. The summed E-state index contributed by atoms with van der Waals surface area (Å²) in [7, 11) is 0. The maximum Gasteiger partial charge on any atom is 0.317 e. The first-order valence-corrected chi connectivity index (χ1v) is 10.1. The lowest BCUT2D eigenvalue weighted by Gasteiger charge is -2.34. The number of aromatic nitrogens is 1. The van der Waals surface area contributed by atoms with Gasteiger partial charge in [0.15, 0.2) is 0 Å². The first-order chi connectivity index (χ1) is 13.2. The van der Waals surface area contributed by atoms with Gasteiger partial charge in [0, 0.05) is 32.7 Å². The SMILES string of the molecule is Cc1ccccc1CN1CCN(C(=O)NCc2nc3ccccc3s2)CC1. The molecule has 2 heterocycles. The van der Waals surface area contributed by atoms with E-state index in [-0.39, 0.29) is 6.03 Å². The number of hydrogen-bond donors (Lipinski definition) is 1. The molecule has 2 aromatic carbocycles. The Labute approximate surface area is 163 Å². The number of rotatable bonds is 4. The van der Waals surface area contributed by atoms with Crippen molar-refractivity contribution < 1.29 is 4.79 Å². The normalized spacial score (nSPS) is 15.2. The highest BCUT2D eigenvalue weighted by Gasteiger charge is 2.21. The van der Waals surface area contributed by atoms with Gasteiger partial charge in [-0.05, 0) is 30.2 Å². The fraction of sp³-hybridized carbons (Fsp3) is 0.333. The zero-order valence-corrected chi connectivity index (χ0v) is 16.3. The number of hydrogen-bond acceptors (Lipinski definition) is 4. The Balaban J connectivity index is 1.26. The molecule has 0 spiro atoms. The van der Waals surface area contributed by atoms with Crippen molar-refractivity contribution in [3.8, 4) is 0 Å². The third-order valence-corrected chi connectivity index (χ3v) is 6.08. The summed E-state index contributed by atoms with van der Waals surface area (Å²) in [4.78, 5) is 21.4. The fourth-order valence-electron chi connectivity index (χ4n) is 3.40. The van der Waals surface area contributed by atoms with Gasteiger partial charge in [0.05, 0.1) is 16.8 Å². The van der Waals surface area contributed by atoms with E-state index in [0.717, 1.165) is 47.9 Å². The Morgan fingerprint density at radius 3 is 2.59 bits per heavy atom. The number of carbonyl (C=O) groups excluding carboxylic acids is 1. The number of nitrogens with zero attached hydrogens (tertiary/aromatic N) is 3. The summed E-state index contributed by atoms with van der Waals surface area (Å²) in [6, 6.07) is 16.6. The van der Waals surface area contributed by atoms with Crippen LogP contribution in [0, 0.1) is 6.92 Å². The van der Waals surface area contributed by atoms with Crippen LogP contribution in [0.25, 0.3) is 10.2 Å². The second kappa shape index (κ2) is 8.06. The molecule has 1 aromatic heterocycles. The molecule has 0 saturated carbocycles. The highest BCUT2D eigenvalue weighted by molar-refractivity contribution is 7.18. The number of aryl methyl sites for hydroxylation is 1. The predicted octanol–water partition coefficient (Wildman–Crippen LogP) is 3.63. The topological polar surface area (TPSA) is 48.5 Å². The lowest BCUT2D eigenvalue weighted by atomic mass is 10.1. The zero-order chi connectivity index (χ0) is 18.6. The Bertz CT molecular complexity index is 898. The maximum absolute atomic E-state index is 12.5. The third-order valence-electron chi connectivity index (χ3n) is 5.04. The maximum atomic E-state index is 12.5. The first-order valence-electron chi connectivity index (χ1n) is 9.33. The number of nitrogens with one attached hydrogen (secondary N) is 1. The molecule has 1 fully saturated rings. The van der Waals surface area contributed by atoms with Crippen LogP contribution in [0.4, 0.5) is 4.79 Å². The molecule has 6 heteroatoms. The Morgan fingerprint density at radius 1 is 1.07 bits per heavy atom. The van der Waals surface area contributed by atoms with Gasteiger partial charge >= 0.3 is 6.03 Å². The van der Waals surface area contributed by atoms with Gasteiger partial charge in [-0.15, -0.1) is 11.3 Å². The van der Waals surface area contributed by atoms with Gasteiger partial charge in [-0.25, -0.2) is 9.78 Å².